The van der Waals surface area contributed by atoms with E-state index in [-0.39, 0.29) is 0 Å². The number of aromatic nitrogens is 4. The lowest BCUT2D eigenvalue weighted by molar-refractivity contribution is -0.137. The number of hydrogen-bond donors (Lipinski definition) is 2. The van der Waals surface area contributed by atoms with Crippen molar-refractivity contribution in [3.63, 3.8) is 0 Å². The van der Waals surface area contributed by atoms with Crippen molar-refractivity contribution in [1.29, 1.82) is 0 Å². The van der Waals surface area contributed by atoms with Gasteiger partial charge in [-0.15, -0.1) is 0 Å². The van der Waals surface area contributed by atoms with E-state index in [9.17, 15) is 30.6 Å². The van der Waals surface area contributed by atoms with Crippen LogP contribution in [0.4, 0.5) is 32.2 Å². The Hall–Kier alpha value is -2.69. The standard InChI is InChI=1S/C14H6Cl2F6N6O3S/c15-6-1-5(13(17,18)19)2-7(16)9(6)28-12(23-3-25-29)10(32(30)14(20,21)22)8(26-28)11-24-4-31-27-11/h1-4,29H,(H,23,25). The van der Waals surface area contributed by atoms with Gasteiger partial charge in [-0.05, 0) is 12.1 Å². The average Bonchev–Trinajstić information content (AvgIpc) is 3.31. The van der Waals surface area contributed by atoms with Gasteiger partial charge in [-0.1, -0.05) is 28.4 Å². The van der Waals surface area contributed by atoms with Crippen molar-refractivity contribution in [3.05, 3.63) is 34.1 Å². The van der Waals surface area contributed by atoms with Crippen LogP contribution < -0.4 is 5.48 Å². The molecule has 2 N–H and O–H groups in total. The second-order valence-corrected chi connectivity index (χ2v) is 7.78. The normalized spacial score (nSPS) is 13.7. The molecule has 0 aliphatic rings. The van der Waals surface area contributed by atoms with Crippen LogP contribution in [-0.4, -0.2) is 41.2 Å². The number of alkyl halides is 6. The zero-order valence-electron chi connectivity index (χ0n) is 14.7. The second kappa shape index (κ2) is 8.68. The minimum absolute atomic E-state index is 0.455. The number of hydroxylamine groups is 1. The van der Waals surface area contributed by atoms with Gasteiger partial charge in [0.05, 0.1) is 15.6 Å². The molecule has 18 heteroatoms. The molecule has 0 spiro atoms. The van der Waals surface area contributed by atoms with E-state index in [2.05, 4.69) is 24.8 Å². The van der Waals surface area contributed by atoms with E-state index in [0.29, 0.717) is 23.2 Å². The van der Waals surface area contributed by atoms with Gasteiger partial charge in [0.25, 0.3) is 0 Å². The average molecular weight is 523 g/mol. The zero-order valence-corrected chi connectivity index (χ0v) is 17.1. The van der Waals surface area contributed by atoms with Crippen LogP contribution in [0.3, 0.4) is 0 Å². The van der Waals surface area contributed by atoms with Gasteiger partial charge in [-0.3, -0.25) is 10.7 Å². The summed E-state index contributed by atoms with van der Waals surface area (Å²) < 4.78 is 96.2. The molecule has 3 rings (SSSR count). The molecule has 2 heterocycles. The van der Waals surface area contributed by atoms with Crippen molar-refractivity contribution in [3.8, 4) is 17.2 Å². The first kappa shape index (κ1) is 24.0. The summed E-state index contributed by atoms with van der Waals surface area (Å²) in [5.74, 6) is -1.41. The first-order chi connectivity index (χ1) is 14.9. The van der Waals surface area contributed by atoms with Gasteiger partial charge in [0.15, 0.2) is 22.3 Å². The highest BCUT2D eigenvalue weighted by molar-refractivity contribution is 7.86. The molecule has 1 atom stereocenters. The maximum atomic E-state index is 13.3. The molecular weight excluding hydrogens is 517 g/mol. The number of benzene rings is 1. The molecule has 0 saturated heterocycles. The Labute approximate surface area is 185 Å². The Morgan fingerprint density at radius 3 is 2.28 bits per heavy atom. The number of nitrogens with zero attached hydrogens (tertiary/aromatic N) is 5. The van der Waals surface area contributed by atoms with Crippen LogP contribution in [0.25, 0.3) is 17.2 Å². The molecule has 0 bridgehead atoms. The Balaban J connectivity index is 2.39. The van der Waals surface area contributed by atoms with Gasteiger partial charge in [-0.2, -0.15) is 36.4 Å². The van der Waals surface area contributed by atoms with Gasteiger partial charge >= 0.3 is 11.7 Å². The van der Waals surface area contributed by atoms with E-state index >= 15 is 0 Å². The van der Waals surface area contributed by atoms with Gasteiger partial charge in [-0.25, -0.2) is 13.9 Å². The van der Waals surface area contributed by atoms with E-state index in [1.165, 1.54) is 5.48 Å². The molecule has 0 radical (unpaired) electrons. The van der Waals surface area contributed by atoms with Crippen molar-refractivity contribution < 1.29 is 40.3 Å². The Morgan fingerprint density at radius 2 is 1.81 bits per heavy atom. The quantitative estimate of drug-likeness (QED) is 0.219. The summed E-state index contributed by atoms with van der Waals surface area (Å²) in [5.41, 5.74) is -6.42. The molecular formula is C14H6Cl2F6N6O3S. The minimum atomic E-state index is -5.32. The Bertz CT molecular complexity index is 1170. The molecule has 1 aromatic carbocycles. The van der Waals surface area contributed by atoms with Crippen molar-refractivity contribution in [2.45, 2.75) is 16.6 Å². The molecule has 0 fully saturated rings. The van der Waals surface area contributed by atoms with Crippen LogP contribution in [0.5, 0.6) is 0 Å². The second-order valence-electron chi connectivity index (χ2n) is 5.56. The summed E-state index contributed by atoms with van der Waals surface area (Å²) in [6.07, 6.45) is -3.61. The molecule has 9 nitrogen and oxygen atoms in total. The Kier molecular flexibility index (Phi) is 6.50. The van der Waals surface area contributed by atoms with E-state index in [4.69, 9.17) is 28.4 Å². The van der Waals surface area contributed by atoms with Crippen LogP contribution in [0.1, 0.15) is 5.56 Å². The fraction of sp³-hybridized carbons (Fsp3) is 0.143. The fourth-order valence-corrected chi connectivity index (χ4v) is 3.88. The topological polar surface area (TPSA) is 118 Å². The van der Waals surface area contributed by atoms with Crippen LogP contribution in [0, 0.1) is 0 Å². The molecule has 0 saturated carbocycles. The molecule has 172 valence electrons. The molecule has 0 aliphatic carbocycles. The SMILES string of the molecule is O=S(c1c(-c2ncon2)nn(-c2c(Cl)cc(C(F)(F)F)cc2Cl)c1N=CNO)C(F)(F)F. The maximum absolute atomic E-state index is 13.3. The molecule has 32 heavy (non-hydrogen) atoms. The third-order valence-electron chi connectivity index (χ3n) is 3.59. The summed E-state index contributed by atoms with van der Waals surface area (Å²) in [4.78, 5) is 5.96. The monoisotopic (exact) mass is 522 g/mol. The van der Waals surface area contributed by atoms with E-state index in [1.54, 1.807) is 0 Å². The van der Waals surface area contributed by atoms with Crippen molar-refractivity contribution in [1.82, 2.24) is 25.4 Å². The van der Waals surface area contributed by atoms with Crippen molar-refractivity contribution in [2.75, 3.05) is 0 Å². The lowest BCUT2D eigenvalue weighted by Gasteiger charge is -2.13. The first-order valence-electron chi connectivity index (χ1n) is 7.73. The molecule has 0 aliphatic heterocycles. The van der Waals surface area contributed by atoms with Gasteiger partial charge in [0.1, 0.15) is 16.9 Å². The van der Waals surface area contributed by atoms with E-state index < -0.39 is 66.0 Å². The molecule has 0 amide bonds. The fourth-order valence-electron chi connectivity index (χ4n) is 2.39. The maximum Gasteiger partial charge on any atom is 0.476 e. The van der Waals surface area contributed by atoms with E-state index in [1.807, 2.05) is 0 Å². The molecule has 2 aromatic heterocycles. The number of halogens is 8. The number of rotatable bonds is 5. The Morgan fingerprint density at radius 1 is 1.19 bits per heavy atom. The summed E-state index contributed by atoms with van der Waals surface area (Å²) in [6, 6.07) is 0.910. The minimum Gasteiger partial charge on any atom is -0.342 e. The highest BCUT2D eigenvalue weighted by Gasteiger charge is 2.44. The lowest BCUT2D eigenvalue weighted by Crippen LogP contribution is -2.17. The van der Waals surface area contributed by atoms with Crippen LogP contribution in [-0.2, 0) is 17.0 Å². The van der Waals surface area contributed by atoms with Crippen LogP contribution >= 0.6 is 23.2 Å². The molecule has 1 unspecified atom stereocenters. The highest BCUT2D eigenvalue weighted by Crippen LogP contribution is 2.43. The molecule has 3 aromatic rings. The summed E-state index contributed by atoms with van der Waals surface area (Å²) in [7, 11) is -3.79. The van der Waals surface area contributed by atoms with Crippen LogP contribution in [0.15, 0.2) is 32.9 Å². The van der Waals surface area contributed by atoms with E-state index in [0.717, 1.165) is 6.39 Å². The number of nitrogens with one attached hydrogen (secondary N) is 1. The predicted octanol–water partition coefficient (Wildman–Crippen LogP) is 4.51. The zero-order chi connectivity index (χ0) is 23.8. The largest absolute Gasteiger partial charge is 0.476 e. The van der Waals surface area contributed by atoms with Crippen molar-refractivity contribution >= 4 is 46.2 Å². The number of aliphatic imine (C=N–C) groups is 1. The third kappa shape index (κ3) is 4.57. The predicted molar refractivity (Wildman–Crippen MR) is 97.4 cm³/mol. The summed E-state index contributed by atoms with van der Waals surface area (Å²) in [5, 5.41) is 14.5. The van der Waals surface area contributed by atoms with Crippen molar-refractivity contribution in [2.24, 2.45) is 4.99 Å². The third-order valence-corrected chi connectivity index (χ3v) is 5.33. The smallest absolute Gasteiger partial charge is 0.342 e. The van der Waals surface area contributed by atoms with Gasteiger partial charge < -0.3 is 4.52 Å². The van der Waals surface area contributed by atoms with Gasteiger partial charge in [0.2, 0.25) is 12.2 Å². The van der Waals surface area contributed by atoms with Crippen LogP contribution in [0.2, 0.25) is 10.0 Å². The first-order valence-corrected chi connectivity index (χ1v) is 9.64. The van der Waals surface area contributed by atoms with Gasteiger partial charge in [0, 0.05) is 0 Å². The lowest BCUT2D eigenvalue weighted by atomic mass is 10.2. The number of hydrogen-bond acceptors (Lipinski definition) is 7. The highest BCUT2D eigenvalue weighted by atomic mass is 35.5. The summed E-state index contributed by atoms with van der Waals surface area (Å²) in [6.45, 7) is 0. The summed E-state index contributed by atoms with van der Waals surface area (Å²) >= 11 is 11.9.